The highest BCUT2D eigenvalue weighted by atomic mass is 32.2. The largest absolute Gasteiger partial charge is 0.377 e. The maximum absolute atomic E-state index is 5.66. The summed E-state index contributed by atoms with van der Waals surface area (Å²) in [4.78, 5) is 0. The number of thioether (sulfide) groups is 1. The Bertz CT molecular complexity index is 177. The summed E-state index contributed by atoms with van der Waals surface area (Å²) in [5.41, 5.74) is 0. The summed E-state index contributed by atoms with van der Waals surface area (Å²) in [6.45, 7) is 2.63. The average molecular weight is 246 g/mol. The maximum atomic E-state index is 5.66. The fourth-order valence-electron chi connectivity index (χ4n) is 2.07. The van der Waals surface area contributed by atoms with Crippen LogP contribution in [0.15, 0.2) is 0 Å². The molecule has 0 amide bonds. The van der Waals surface area contributed by atoms with Gasteiger partial charge in [-0.05, 0) is 32.1 Å². The number of ether oxygens (including phenoxy) is 3. The van der Waals surface area contributed by atoms with Crippen LogP contribution in [-0.4, -0.2) is 43.7 Å². The van der Waals surface area contributed by atoms with E-state index in [0.717, 1.165) is 37.7 Å². The molecular weight excluding hydrogens is 224 g/mol. The Kier molecular flexibility index (Phi) is 5.97. The normalized spacial score (nSPS) is 30.8. The van der Waals surface area contributed by atoms with Crippen molar-refractivity contribution in [2.45, 2.75) is 44.5 Å². The summed E-state index contributed by atoms with van der Waals surface area (Å²) < 4.78 is 16.7. The molecule has 0 unspecified atom stereocenters. The fourth-order valence-corrected chi connectivity index (χ4v) is 2.98. The van der Waals surface area contributed by atoms with Crippen molar-refractivity contribution >= 4 is 11.8 Å². The van der Waals surface area contributed by atoms with E-state index in [2.05, 4.69) is 0 Å². The molecule has 0 aromatic heterocycles. The van der Waals surface area contributed by atoms with Gasteiger partial charge in [0.15, 0.2) is 6.29 Å². The summed E-state index contributed by atoms with van der Waals surface area (Å²) >= 11 is 1.93. The molecule has 2 aliphatic rings. The summed E-state index contributed by atoms with van der Waals surface area (Å²) in [5.74, 6) is 2.18. The molecule has 0 aromatic carbocycles. The van der Waals surface area contributed by atoms with E-state index in [4.69, 9.17) is 14.2 Å². The van der Waals surface area contributed by atoms with Crippen molar-refractivity contribution in [2.24, 2.45) is 0 Å². The first kappa shape index (κ1) is 12.7. The predicted molar refractivity (Wildman–Crippen MR) is 65.8 cm³/mol. The van der Waals surface area contributed by atoms with Gasteiger partial charge in [-0.1, -0.05) is 0 Å². The fraction of sp³-hybridized carbons (Fsp3) is 1.00. The molecule has 0 aliphatic carbocycles. The van der Waals surface area contributed by atoms with Gasteiger partial charge in [-0.15, -0.1) is 0 Å². The second-order valence-electron chi connectivity index (χ2n) is 4.38. The van der Waals surface area contributed by atoms with Crippen LogP contribution in [0.3, 0.4) is 0 Å². The number of rotatable bonds is 6. The molecule has 16 heavy (non-hydrogen) atoms. The van der Waals surface area contributed by atoms with E-state index in [1.54, 1.807) is 0 Å². The van der Waals surface area contributed by atoms with Crippen LogP contribution in [0.2, 0.25) is 0 Å². The van der Waals surface area contributed by atoms with E-state index < -0.39 is 0 Å². The molecule has 3 nitrogen and oxygen atoms in total. The van der Waals surface area contributed by atoms with Crippen LogP contribution in [0.25, 0.3) is 0 Å². The topological polar surface area (TPSA) is 27.7 Å². The minimum absolute atomic E-state index is 0.0667. The Morgan fingerprint density at radius 1 is 1.06 bits per heavy atom. The Balaban J connectivity index is 1.42. The molecule has 0 bridgehead atoms. The first-order valence-corrected chi connectivity index (χ1v) is 7.53. The van der Waals surface area contributed by atoms with Crippen molar-refractivity contribution < 1.29 is 14.2 Å². The first-order valence-electron chi connectivity index (χ1n) is 6.38. The molecule has 0 aromatic rings. The van der Waals surface area contributed by atoms with Gasteiger partial charge in [0.2, 0.25) is 0 Å². The molecule has 2 aliphatic heterocycles. The van der Waals surface area contributed by atoms with Crippen molar-refractivity contribution in [3.63, 3.8) is 0 Å². The van der Waals surface area contributed by atoms with Crippen molar-refractivity contribution in [1.29, 1.82) is 0 Å². The summed E-state index contributed by atoms with van der Waals surface area (Å²) in [5, 5.41) is 0. The van der Waals surface area contributed by atoms with E-state index in [9.17, 15) is 0 Å². The van der Waals surface area contributed by atoms with Crippen molar-refractivity contribution in [2.75, 3.05) is 31.3 Å². The van der Waals surface area contributed by atoms with Crippen LogP contribution in [0, 0.1) is 0 Å². The van der Waals surface area contributed by atoms with Crippen molar-refractivity contribution in [3.05, 3.63) is 0 Å². The van der Waals surface area contributed by atoms with Crippen molar-refractivity contribution in [1.82, 2.24) is 0 Å². The Labute approximate surface area is 102 Å². The lowest BCUT2D eigenvalue weighted by Gasteiger charge is -2.22. The SMILES string of the molecule is C1CC[C@H](OCCSC[C@@H]2CCCO2)OC1. The number of hydrogen-bond donors (Lipinski definition) is 0. The molecular formula is C12H22O3S. The zero-order valence-corrected chi connectivity index (χ0v) is 10.7. The van der Waals surface area contributed by atoms with Crippen LogP contribution < -0.4 is 0 Å². The lowest BCUT2D eigenvalue weighted by Crippen LogP contribution is -2.23. The smallest absolute Gasteiger partial charge is 0.157 e. The van der Waals surface area contributed by atoms with Crippen LogP contribution in [0.5, 0.6) is 0 Å². The Morgan fingerprint density at radius 2 is 2.00 bits per heavy atom. The third-order valence-electron chi connectivity index (χ3n) is 3.00. The third-order valence-corrected chi connectivity index (χ3v) is 4.06. The summed E-state index contributed by atoms with van der Waals surface area (Å²) in [6.07, 6.45) is 6.53. The highest BCUT2D eigenvalue weighted by molar-refractivity contribution is 7.99. The predicted octanol–water partition coefficient (Wildman–Crippen LogP) is 2.44. The van der Waals surface area contributed by atoms with E-state index >= 15 is 0 Å². The summed E-state index contributed by atoms with van der Waals surface area (Å²) in [7, 11) is 0. The lowest BCUT2D eigenvalue weighted by molar-refractivity contribution is -0.158. The van der Waals surface area contributed by atoms with Gasteiger partial charge in [0.1, 0.15) is 0 Å². The zero-order chi connectivity index (χ0) is 11.1. The average Bonchev–Trinajstić information content (AvgIpc) is 2.83. The van der Waals surface area contributed by atoms with Gasteiger partial charge in [-0.3, -0.25) is 0 Å². The highest BCUT2D eigenvalue weighted by Gasteiger charge is 2.16. The van der Waals surface area contributed by atoms with Crippen LogP contribution in [0.1, 0.15) is 32.1 Å². The number of hydrogen-bond acceptors (Lipinski definition) is 4. The van der Waals surface area contributed by atoms with Gasteiger partial charge in [0, 0.05) is 24.7 Å². The van der Waals surface area contributed by atoms with E-state index in [-0.39, 0.29) is 6.29 Å². The quantitative estimate of drug-likeness (QED) is 0.673. The second-order valence-corrected chi connectivity index (χ2v) is 5.53. The van der Waals surface area contributed by atoms with Crippen molar-refractivity contribution in [3.8, 4) is 0 Å². The minimum atomic E-state index is 0.0667. The molecule has 2 fully saturated rings. The lowest BCUT2D eigenvalue weighted by atomic mass is 10.2. The van der Waals surface area contributed by atoms with Crippen LogP contribution >= 0.6 is 11.8 Å². The minimum Gasteiger partial charge on any atom is -0.377 e. The monoisotopic (exact) mass is 246 g/mol. The maximum Gasteiger partial charge on any atom is 0.157 e. The standard InChI is InChI=1S/C12H22O3S/c1-2-6-14-12(5-1)15-8-9-16-10-11-4-3-7-13-11/h11-12H,1-10H2/t11-,12-/m0/s1. The Morgan fingerprint density at radius 3 is 2.75 bits per heavy atom. The molecule has 4 heteroatoms. The van der Waals surface area contributed by atoms with E-state index in [1.807, 2.05) is 11.8 Å². The molecule has 0 spiro atoms. The molecule has 2 atom stereocenters. The molecule has 2 rings (SSSR count). The van der Waals surface area contributed by atoms with Gasteiger partial charge >= 0.3 is 0 Å². The Hall–Kier alpha value is 0.230. The first-order chi connectivity index (χ1) is 7.95. The van der Waals surface area contributed by atoms with E-state index in [1.165, 1.54) is 25.7 Å². The second kappa shape index (κ2) is 7.54. The molecule has 2 saturated heterocycles. The van der Waals surface area contributed by atoms with Gasteiger partial charge in [-0.25, -0.2) is 0 Å². The van der Waals surface area contributed by atoms with Gasteiger partial charge in [0.25, 0.3) is 0 Å². The molecule has 94 valence electrons. The highest BCUT2D eigenvalue weighted by Crippen LogP contribution is 2.18. The zero-order valence-electron chi connectivity index (χ0n) is 9.86. The molecule has 0 saturated carbocycles. The third kappa shape index (κ3) is 4.62. The van der Waals surface area contributed by atoms with E-state index in [0.29, 0.717) is 6.10 Å². The summed E-state index contributed by atoms with van der Waals surface area (Å²) in [6, 6.07) is 0. The molecule has 2 heterocycles. The van der Waals surface area contributed by atoms with Gasteiger partial charge in [-0.2, -0.15) is 11.8 Å². The molecule has 0 radical (unpaired) electrons. The van der Waals surface area contributed by atoms with Gasteiger partial charge < -0.3 is 14.2 Å². The van der Waals surface area contributed by atoms with Crippen LogP contribution in [-0.2, 0) is 14.2 Å². The van der Waals surface area contributed by atoms with Gasteiger partial charge in [0.05, 0.1) is 12.7 Å². The van der Waals surface area contributed by atoms with Crippen LogP contribution in [0.4, 0.5) is 0 Å². The molecule has 0 N–H and O–H groups in total.